The molecule has 0 spiro atoms. The van der Waals surface area contributed by atoms with Crippen molar-refractivity contribution in [1.29, 1.82) is 0 Å². The van der Waals surface area contributed by atoms with Gasteiger partial charge in [-0.3, -0.25) is 0 Å². The molecule has 0 unspecified atom stereocenters. The first-order valence-corrected chi connectivity index (χ1v) is 12.6. The van der Waals surface area contributed by atoms with E-state index in [2.05, 4.69) is 48.7 Å². The van der Waals surface area contributed by atoms with E-state index >= 15 is 0 Å². The van der Waals surface area contributed by atoms with Crippen molar-refractivity contribution in [3.8, 4) is 11.3 Å². The molecule has 0 atom stereocenters. The summed E-state index contributed by atoms with van der Waals surface area (Å²) in [7, 11) is -3.80. The fraction of sp³-hybridized carbons (Fsp3) is 0.125. The molecule has 2 heterocycles. The Kier molecular flexibility index (Phi) is 6.52. The number of hydrogen-bond acceptors (Lipinski definition) is 6. The normalized spacial score (nSPS) is 11.2. The Hall–Kier alpha value is -3.56. The monoisotopic (exact) mass is 478 g/mol. The van der Waals surface area contributed by atoms with Crippen LogP contribution in [0.4, 0.5) is 16.8 Å². The van der Waals surface area contributed by atoms with Crippen LogP contribution in [0.3, 0.4) is 0 Å². The molecule has 0 amide bonds. The number of rotatable bonds is 8. The fourth-order valence-electron chi connectivity index (χ4n) is 3.38. The van der Waals surface area contributed by atoms with Gasteiger partial charge in [0.2, 0.25) is 5.95 Å². The zero-order chi connectivity index (χ0) is 23.4. The molecule has 0 saturated carbocycles. The van der Waals surface area contributed by atoms with E-state index in [1.807, 2.05) is 24.3 Å². The molecule has 0 aliphatic rings. The second kappa shape index (κ2) is 9.51. The molecule has 0 saturated heterocycles. The van der Waals surface area contributed by atoms with E-state index in [9.17, 15) is 8.42 Å². The highest BCUT2D eigenvalue weighted by Gasteiger charge is 2.20. The van der Waals surface area contributed by atoms with E-state index in [1.165, 1.54) is 0 Å². The minimum atomic E-state index is -3.80. The lowest BCUT2D eigenvalue weighted by Crippen LogP contribution is -2.35. The van der Waals surface area contributed by atoms with Crippen LogP contribution in [0.1, 0.15) is 11.4 Å². The van der Waals surface area contributed by atoms with Crippen LogP contribution in [-0.4, -0.2) is 18.4 Å². The number of hydrogen-bond donors (Lipinski definition) is 2. The van der Waals surface area contributed by atoms with Crippen LogP contribution >= 0.6 is 11.3 Å². The maximum absolute atomic E-state index is 12.8. The van der Waals surface area contributed by atoms with Crippen molar-refractivity contribution in [2.75, 3.05) is 10.0 Å². The molecule has 4 aromatic rings. The molecule has 2 aromatic heterocycles. The number of aryl methyl sites for hydroxylation is 2. The van der Waals surface area contributed by atoms with Gasteiger partial charge in [0.25, 0.3) is 10.0 Å². The number of sulfonamides is 1. The van der Waals surface area contributed by atoms with Crippen LogP contribution in [0.15, 0.2) is 83.6 Å². The van der Waals surface area contributed by atoms with Gasteiger partial charge in [-0.2, -0.15) is 0 Å². The number of allylic oxidation sites excluding steroid dienone is 1. The summed E-state index contributed by atoms with van der Waals surface area (Å²) in [6.07, 6.45) is 1.85. The number of nitrogens with zero attached hydrogens (tertiary/aromatic N) is 3. The predicted octanol–water partition coefficient (Wildman–Crippen LogP) is 4.84. The molecule has 33 heavy (non-hydrogen) atoms. The van der Waals surface area contributed by atoms with Crippen LogP contribution < -0.4 is 14.6 Å². The first-order chi connectivity index (χ1) is 15.9. The van der Waals surface area contributed by atoms with E-state index in [0.29, 0.717) is 17.9 Å². The van der Waals surface area contributed by atoms with Crippen LogP contribution in [0, 0.1) is 13.8 Å². The Bertz CT molecular complexity index is 1360. The van der Waals surface area contributed by atoms with Crippen LogP contribution in [-0.2, 0) is 16.6 Å². The van der Waals surface area contributed by atoms with Crippen LogP contribution in [0.2, 0.25) is 0 Å². The average molecular weight is 479 g/mol. The fourth-order valence-corrected chi connectivity index (χ4v) is 5.29. The maximum Gasteiger partial charge on any atom is 0.339 e. The third-order valence-corrected chi connectivity index (χ3v) is 7.05. The Morgan fingerprint density at radius 2 is 1.70 bits per heavy atom. The summed E-state index contributed by atoms with van der Waals surface area (Å²) in [6, 6.07) is 18.5. The first-order valence-electron chi connectivity index (χ1n) is 10.3. The van der Waals surface area contributed by atoms with Crippen LogP contribution in [0.5, 0.6) is 0 Å². The summed E-state index contributed by atoms with van der Waals surface area (Å²) >= 11 is 1.58. The van der Waals surface area contributed by atoms with E-state index < -0.39 is 10.0 Å². The third kappa shape index (κ3) is 5.27. The second-order valence-corrected chi connectivity index (χ2v) is 9.96. The van der Waals surface area contributed by atoms with Gasteiger partial charge in [-0.15, -0.1) is 0 Å². The highest BCUT2D eigenvalue weighted by Crippen LogP contribution is 2.26. The molecule has 4 rings (SSSR count). The topological polar surface area (TPSA) is 87.9 Å². The molecule has 0 bridgehead atoms. The Labute approximate surface area is 197 Å². The van der Waals surface area contributed by atoms with Crippen LogP contribution in [0.25, 0.3) is 11.3 Å². The highest BCUT2D eigenvalue weighted by molar-refractivity contribution is 7.92. The minimum Gasteiger partial charge on any atom is -0.247 e. The number of anilines is 3. The van der Waals surface area contributed by atoms with Gasteiger partial charge in [-0.1, -0.05) is 54.3 Å². The van der Waals surface area contributed by atoms with E-state index in [0.717, 1.165) is 22.1 Å². The largest absolute Gasteiger partial charge is 0.339 e. The van der Waals surface area contributed by atoms with Crippen molar-refractivity contribution in [1.82, 2.24) is 9.97 Å². The van der Waals surface area contributed by atoms with Gasteiger partial charge >= 0.3 is 5.13 Å². The molecular weight excluding hydrogens is 454 g/mol. The Balaban J connectivity index is 1.55. The van der Waals surface area contributed by atoms with E-state index in [4.69, 9.17) is 0 Å². The van der Waals surface area contributed by atoms with Gasteiger partial charge in [0.15, 0.2) is 0 Å². The van der Waals surface area contributed by atoms with Crippen molar-refractivity contribution < 1.29 is 13.0 Å². The quantitative estimate of drug-likeness (QED) is 0.279. The van der Waals surface area contributed by atoms with Crippen molar-refractivity contribution in [2.45, 2.75) is 25.3 Å². The van der Waals surface area contributed by atoms with E-state index in [1.54, 1.807) is 55.5 Å². The maximum atomic E-state index is 12.8. The van der Waals surface area contributed by atoms with Crippen molar-refractivity contribution >= 4 is 38.1 Å². The standard InChI is InChI=1S/C24H23N5O2S2/c1-4-14-29-22(19-8-6-5-7-9-19)16-32-24(29)27-20-10-12-21(13-11-20)33(30,31)28-23-25-17(2)15-18(3)26-23/h4-13,15-16H,1,14H2,2-3H3,(H,25,26,28)/p+1. The molecular formula is C24H24N5O2S2+. The highest BCUT2D eigenvalue weighted by atomic mass is 32.2. The second-order valence-electron chi connectivity index (χ2n) is 7.42. The number of thiazole rings is 1. The van der Waals surface area contributed by atoms with Crippen molar-refractivity contribution in [2.24, 2.45) is 0 Å². The number of nitrogens with one attached hydrogen (secondary N) is 2. The molecule has 0 radical (unpaired) electrons. The third-order valence-electron chi connectivity index (χ3n) is 4.82. The zero-order valence-corrected chi connectivity index (χ0v) is 20.0. The minimum absolute atomic E-state index is 0.0622. The van der Waals surface area contributed by atoms with Gasteiger partial charge in [-0.25, -0.2) is 33.0 Å². The average Bonchev–Trinajstić information content (AvgIpc) is 3.16. The van der Waals surface area contributed by atoms with Crippen molar-refractivity contribution in [3.63, 3.8) is 0 Å². The number of benzene rings is 2. The van der Waals surface area contributed by atoms with Gasteiger partial charge in [0.1, 0.15) is 17.9 Å². The van der Waals surface area contributed by atoms with E-state index in [-0.39, 0.29) is 10.8 Å². The lowest BCUT2D eigenvalue weighted by atomic mass is 10.2. The molecule has 2 aromatic carbocycles. The molecule has 0 aliphatic carbocycles. The van der Waals surface area contributed by atoms with Gasteiger partial charge in [0.05, 0.1) is 4.90 Å². The summed E-state index contributed by atoms with van der Waals surface area (Å²) in [6.45, 7) is 8.10. The van der Waals surface area contributed by atoms with Gasteiger partial charge in [-0.05, 0) is 44.2 Å². The van der Waals surface area contributed by atoms with Crippen molar-refractivity contribution in [3.05, 3.63) is 90.1 Å². The molecule has 9 heteroatoms. The molecule has 0 aliphatic heterocycles. The summed E-state index contributed by atoms with van der Waals surface area (Å²) < 4.78 is 30.1. The smallest absolute Gasteiger partial charge is 0.247 e. The Morgan fingerprint density at radius 1 is 1.03 bits per heavy atom. The summed E-state index contributed by atoms with van der Waals surface area (Å²) in [5.74, 6) is 0.0622. The number of aromatic nitrogens is 3. The first kappa shape index (κ1) is 22.6. The molecule has 168 valence electrons. The predicted molar refractivity (Wildman–Crippen MR) is 132 cm³/mol. The lowest BCUT2D eigenvalue weighted by Gasteiger charge is -2.08. The summed E-state index contributed by atoms with van der Waals surface area (Å²) in [4.78, 5) is 8.43. The molecule has 2 N–H and O–H groups in total. The van der Waals surface area contributed by atoms with Gasteiger partial charge in [0, 0.05) is 22.3 Å². The van der Waals surface area contributed by atoms with Gasteiger partial charge < -0.3 is 0 Å². The summed E-state index contributed by atoms with van der Waals surface area (Å²) in [5.41, 5.74) is 4.36. The zero-order valence-electron chi connectivity index (χ0n) is 18.3. The molecule has 0 fully saturated rings. The Morgan fingerprint density at radius 3 is 2.33 bits per heavy atom. The lowest BCUT2D eigenvalue weighted by molar-refractivity contribution is -0.657. The SMILES string of the molecule is C=CC[n+]1c(-c2ccccc2)csc1Nc1ccc(S(=O)(=O)Nc2nc(C)cc(C)n2)cc1. The molecule has 7 nitrogen and oxygen atoms in total. The summed E-state index contributed by atoms with van der Waals surface area (Å²) in [5, 5.41) is 6.40.